The SMILES string of the molecule is CC(C)c1cccc(C(C)C)c1[O-].CC(C)c1cccc(C(C)C)c1[O-].P1=P[P-]1.[Nb+3].c1ccccc1.c1ccccc1.c1ccncc1.c1ccncc1. The van der Waals surface area contributed by atoms with E-state index >= 15 is 0 Å². The molecular weight excluding hydrogens is 798 g/mol. The maximum Gasteiger partial charge on any atom is 3.00 e. The fourth-order valence-corrected chi connectivity index (χ4v) is 4.36. The van der Waals surface area contributed by atoms with Crippen LogP contribution >= 0.6 is 23.1 Å². The van der Waals surface area contributed by atoms with Gasteiger partial charge in [0.2, 0.25) is 0 Å². The van der Waals surface area contributed by atoms with Crippen LogP contribution in [0, 0.1) is 0 Å². The van der Waals surface area contributed by atoms with Crippen molar-refractivity contribution in [1.29, 1.82) is 0 Å². The average molecular weight is 855 g/mol. The zero-order chi connectivity index (χ0) is 39.1. The molecule has 7 rings (SSSR count). The molecule has 4 nitrogen and oxygen atoms in total. The van der Waals surface area contributed by atoms with Gasteiger partial charge in [0.05, 0.1) is 0 Å². The van der Waals surface area contributed by atoms with Crippen LogP contribution in [-0.2, 0) is 22.4 Å². The van der Waals surface area contributed by atoms with Gasteiger partial charge in [0.25, 0.3) is 0 Å². The van der Waals surface area contributed by atoms with E-state index in [9.17, 15) is 10.2 Å². The van der Waals surface area contributed by atoms with Crippen molar-refractivity contribution < 1.29 is 32.6 Å². The largest absolute Gasteiger partial charge is 3.00 e. The van der Waals surface area contributed by atoms with E-state index in [1.807, 2.05) is 146 Å². The Labute approximate surface area is 346 Å². The Balaban J connectivity index is 0.000000632. The predicted octanol–water partition coefficient (Wildman–Crippen LogP) is 14.1. The van der Waals surface area contributed by atoms with Crippen molar-refractivity contribution in [3.63, 3.8) is 0 Å². The number of nitrogens with zero attached hydrogens (tertiary/aromatic N) is 2. The van der Waals surface area contributed by atoms with Crippen LogP contribution in [0.3, 0.4) is 0 Å². The minimum Gasteiger partial charge on any atom is -0.872 e. The van der Waals surface area contributed by atoms with Crippen LogP contribution in [-0.4, -0.2) is 9.97 Å². The van der Waals surface area contributed by atoms with Gasteiger partial charge in [-0.1, -0.05) is 199 Å². The molecule has 0 saturated carbocycles. The van der Waals surface area contributed by atoms with E-state index in [1.165, 1.54) is 0 Å². The first-order valence-corrected chi connectivity index (χ1v) is 22.8. The van der Waals surface area contributed by atoms with Crippen molar-refractivity contribution in [2.75, 3.05) is 0 Å². The molecule has 54 heavy (non-hydrogen) atoms. The first-order valence-electron chi connectivity index (χ1n) is 18.0. The number of benzene rings is 4. The zero-order valence-corrected chi connectivity index (χ0v) is 37.9. The summed E-state index contributed by atoms with van der Waals surface area (Å²) in [6.07, 6.45) is 7.00. The molecule has 6 aromatic rings. The van der Waals surface area contributed by atoms with E-state index in [0.717, 1.165) is 22.3 Å². The van der Waals surface area contributed by atoms with Crippen LogP contribution in [0.25, 0.3) is 0 Å². The summed E-state index contributed by atoms with van der Waals surface area (Å²) in [5, 5.41) is 23.7. The Morgan fingerprint density at radius 3 is 0.667 bits per heavy atom. The molecule has 2 aromatic heterocycles. The van der Waals surface area contributed by atoms with Gasteiger partial charge in [0, 0.05) is 24.8 Å². The van der Waals surface area contributed by atoms with Crippen molar-refractivity contribution in [3.05, 3.63) is 193 Å². The van der Waals surface area contributed by atoms with E-state index < -0.39 is 0 Å². The molecule has 0 radical (unpaired) electrons. The smallest absolute Gasteiger partial charge is 0.872 e. The molecule has 4 aromatic carbocycles. The fourth-order valence-electron chi connectivity index (χ4n) is 4.36. The van der Waals surface area contributed by atoms with E-state index in [0.29, 0.717) is 23.7 Å². The second kappa shape index (κ2) is 32.9. The number of hydrogen-bond donors (Lipinski definition) is 0. The second-order valence-electron chi connectivity index (χ2n) is 12.8. The van der Waals surface area contributed by atoms with Crippen molar-refractivity contribution in [3.8, 4) is 11.5 Å². The van der Waals surface area contributed by atoms with Crippen molar-refractivity contribution in [2.24, 2.45) is 0 Å². The zero-order valence-electron chi connectivity index (χ0n) is 33.0. The molecule has 0 amide bonds. The standard InChI is InChI=1S/2C12H18O.2C6H6.2C5H5N.Nb.P3/c2*1-8(2)10-6-5-7-11(9(3)4)12(10)13;4*1-2-4-6-5-3-1;;1-2-3-1/h2*5-9,13H,1-4H3;2*1-6H;2*1-5H;;/q;;;;;;+3;-1/p-2. The predicted molar refractivity (Wildman–Crippen MR) is 230 cm³/mol. The maximum absolute atomic E-state index is 11.9. The average Bonchev–Trinajstić information content (AvgIpc) is 4.09. The third kappa shape index (κ3) is 25.5. The van der Waals surface area contributed by atoms with Crippen LogP contribution in [0.5, 0.6) is 11.5 Å². The topological polar surface area (TPSA) is 71.9 Å². The monoisotopic (exact) mass is 854 g/mol. The molecule has 1 aliphatic rings. The molecule has 282 valence electrons. The van der Waals surface area contributed by atoms with E-state index in [2.05, 4.69) is 65.4 Å². The summed E-state index contributed by atoms with van der Waals surface area (Å²) in [5.74, 6) is 1.76. The minimum atomic E-state index is 0. The fraction of sp³-hybridized carbons (Fsp3) is 0.261. The molecule has 3 heterocycles. The van der Waals surface area contributed by atoms with Gasteiger partial charge < -0.3 is 18.2 Å². The minimum absolute atomic E-state index is 0. The van der Waals surface area contributed by atoms with Crippen molar-refractivity contribution in [2.45, 2.75) is 79.1 Å². The Morgan fingerprint density at radius 2 is 0.556 bits per heavy atom. The Morgan fingerprint density at radius 1 is 0.370 bits per heavy atom. The number of aromatic nitrogens is 2. The molecule has 0 N–H and O–H groups in total. The van der Waals surface area contributed by atoms with Crippen molar-refractivity contribution in [1.82, 2.24) is 9.97 Å². The Hall–Kier alpha value is -3.45. The maximum atomic E-state index is 11.9. The molecule has 0 unspecified atom stereocenters. The molecule has 8 heteroatoms. The first kappa shape index (κ1) is 50.6. The quantitative estimate of drug-likeness (QED) is 0.131. The summed E-state index contributed by atoms with van der Waals surface area (Å²) in [5.41, 5.74) is 3.75. The summed E-state index contributed by atoms with van der Waals surface area (Å²) in [7, 11) is 4.83. The van der Waals surface area contributed by atoms with Crippen molar-refractivity contribution >= 4 is 23.1 Å². The van der Waals surface area contributed by atoms with E-state index in [-0.39, 0.29) is 33.9 Å². The Kier molecular flexibility index (Phi) is 30.8. The van der Waals surface area contributed by atoms with E-state index in [1.54, 1.807) is 47.9 Å². The van der Waals surface area contributed by atoms with Crippen LogP contribution in [0.2, 0.25) is 0 Å². The summed E-state index contributed by atoms with van der Waals surface area (Å²) < 4.78 is 0. The van der Waals surface area contributed by atoms with Gasteiger partial charge in [-0.2, -0.15) is 0 Å². The summed E-state index contributed by atoms with van der Waals surface area (Å²) in [6, 6.07) is 47.1. The van der Waals surface area contributed by atoms with Gasteiger partial charge in [-0.05, 0) is 47.9 Å². The summed E-state index contributed by atoms with van der Waals surface area (Å²) >= 11 is 0. The van der Waals surface area contributed by atoms with Gasteiger partial charge in [-0.25, -0.2) is 0 Å². The number of pyridine rings is 2. The normalized spacial score (nSPS) is 11.0. The van der Waals surface area contributed by atoms with Gasteiger partial charge in [-0.15, -0.1) is 11.5 Å². The number of hydrogen-bond acceptors (Lipinski definition) is 4. The van der Waals surface area contributed by atoms with Crippen LogP contribution < -0.4 is 10.2 Å². The third-order valence-electron chi connectivity index (χ3n) is 7.20. The molecule has 1 aliphatic heterocycles. The second-order valence-corrected chi connectivity index (χ2v) is 19.8. The summed E-state index contributed by atoms with van der Waals surface area (Å²) in [6.45, 7) is 16.5. The molecule has 0 bridgehead atoms. The van der Waals surface area contributed by atoms with E-state index in [4.69, 9.17) is 0 Å². The molecule has 0 saturated heterocycles. The van der Waals surface area contributed by atoms with Gasteiger partial charge >= 0.3 is 22.4 Å². The molecular formula is C46H56N2NbO2P3. The van der Waals surface area contributed by atoms with Gasteiger partial charge in [-0.3, -0.25) is 25.1 Å². The molecule has 0 atom stereocenters. The Bertz CT molecular complexity index is 1380. The third-order valence-corrected chi connectivity index (χ3v) is 9.52. The molecule has 0 spiro atoms. The number of para-hydroxylation sites is 2. The van der Waals surface area contributed by atoms with Crippen LogP contribution in [0.15, 0.2) is 170 Å². The van der Waals surface area contributed by atoms with Gasteiger partial charge in [0.15, 0.2) is 0 Å². The van der Waals surface area contributed by atoms with Crippen LogP contribution in [0.4, 0.5) is 0 Å². The van der Waals surface area contributed by atoms with Crippen LogP contribution in [0.1, 0.15) is 101 Å². The molecule has 0 aliphatic carbocycles. The first-order chi connectivity index (χ1) is 25.6. The number of rotatable bonds is 4. The molecule has 0 fully saturated rings. The summed E-state index contributed by atoms with van der Waals surface area (Å²) in [4.78, 5) is 7.57. The van der Waals surface area contributed by atoms with Gasteiger partial charge in [0.1, 0.15) is 0 Å².